The molecule has 0 aromatic heterocycles. The number of hydrogen-bond acceptors (Lipinski definition) is 5. The fourth-order valence-electron chi connectivity index (χ4n) is 5.34. The number of nitrogens with zero attached hydrogens (tertiary/aromatic N) is 1. The van der Waals surface area contributed by atoms with Crippen molar-refractivity contribution < 1.29 is 19.0 Å². The van der Waals surface area contributed by atoms with Crippen LogP contribution in [0.25, 0.3) is 11.1 Å². The average Bonchev–Trinajstić information content (AvgIpc) is 3.02. The van der Waals surface area contributed by atoms with Gasteiger partial charge in [0.2, 0.25) is 0 Å². The Morgan fingerprint density at radius 1 is 0.930 bits per heavy atom. The van der Waals surface area contributed by atoms with Crippen molar-refractivity contribution in [1.29, 1.82) is 0 Å². The Balaban J connectivity index is 0.993. The molecular formula is C35H37ClFN3O3. The van der Waals surface area contributed by atoms with E-state index in [1.807, 2.05) is 54.6 Å². The summed E-state index contributed by atoms with van der Waals surface area (Å²) in [5.74, 6) is -0.542. The van der Waals surface area contributed by atoms with E-state index in [1.165, 1.54) is 23.3 Å². The lowest BCUT2D eigenvalue weighted by atomic mass is 10.0. The SMILES string of the molecule is O=C(Nc1ccccc1-c1ccccc1)OC1CCN(CCc2ccc(CCNCc3cc(F)c(Cl)cc3O)cc2)CC1. The van der Waals surface area contributed by atoms with Gasteiger partial charge < -0.3 is 20.1 Å². The van der Waals surface area contributed by atoms with Gasteiger partial charge in [-0.25, -0.2) is 9.18 Å². The first-order valence-electron chi connectivity index (χ1n) is 14.7. The van der Waals surface area contributed by atoms with Crippen LogP contribution < -0.4 is 10.6 Å². The van der Waals surface area contributed by atoms with Crippen molar-refractivity contribution >= 4 is 23.4 Å². The van der Waals surface area contributed by atoms with Gasteiger partial charge in [0.05, 0.1) is 10.7 Å². The Kier molecular flexibility index (Phi) is 10.7. The molecule has 43 heavy (non-hydrogen) atoms. The summed E-state index contributed by atoms with van der Waals surface area (Å²) in [6.07, 6.45) is 2.93. The van der Waals surface area contributed by atoms with Crippen molar-refractivity contribution in [2.45, 2.75) is 38.3 Å². The maximum atomic E-state index is 13.6. The summed E-state index contributed by atoms with van der Waals surface area (Å²) in [5, 5.41) is 16.0. The van der Waals surface area contributed by atoms with E-state index in [0.717, 1.165) is 62.1 Å². The summed E-state index contributed by atoms with van der Waals surface area (Å²) in [6, 6.07) is 28.9. The number of phenolic OH excluding ortho intramolecular Hbond substituents is 1. The predicted molar refractivity (Wildman–Crippen MR) is 170 cm³/mol. The van der Waals surface area contributed by atoms with Crippen LogP contribution in [0.1, 0.15) is 29.5 Å². The molecule has 0 aliphatic carbocycles. The molecule has 0 atom stereocenters. The standard InChI is InChI=1S/C35H37ClFN3O3/c36-31-23-34(41)28(22-32(31)37)24-38-18-14-25-10-12-26(13-11-25)15-19-40-20-16-29(17-21-40)43-35(42)39-33-9-5-4-8-30(33)27-6-2-1-3-7-27/h1-13,22-23,29,38,41H,14-21,24H2,(H,39,42). The van der Waals surface area contributed by atoms with Gasteiger partial charge in [0.25, 0.3) is 0 Å². The minimum absolute atomic E-state index is 0.00816. The molecule has 1 aliphatic heterocycles. The zero-order chi connectivity index (χ0) is 30.0. The lowest BCUT2D eigenvalue weighted by Gasteiger charge is -2.31. The summed E-state index contributed by atoms with van der Waals surface area (Å²) in [4.78, 5) is 15.1. The third-order valence-corrected chi connectivity index (χ3v) is 8.11. The summed E-state index contributed by atoms with van der Waals surface area (Å²) in [7, 11) is 0. The number of anilines is 1. The zero-order valence-electron chi connectivity index (χ0n) is 24.1. The highest BCUT2D eigenvalue weighted by atomic mass is 35.5. The van der Waals surface area contributed by atoms with Gasteiger partial charge in [0, 0.05) is 43.4 Å². The van der Waals surface area contributed by atoms with Gasteiger partial charge >= 0.3 is 6.09 Å². The van der Waals surface area contributed by atoms with Crippen LogP contribution in [-0.4, -0.2) is 48.4 Å². The van der Waals surface area contributed by atoms with E-state index in [0.29, 0.717) is 18.7 Å². The van der Waals surface area contributed by atoms with Gasteiger partial charge in [0.15, 0.2) is 0 Å². The Morgan fingerprint density at radius 2 is 1.60 bits per heavy atom. The van der Waals surface area contributed by atoms with Crippen LogP contribution >= 0.6 is 11.6 Å². The molecule has 5 rings (SSSR count). The molecule has 4 aromatic carbocycles. The molecule has 1 saturated heterocycles. The minimum atomic E-state index is -0.534. The number of para-hydroxylation sites is 1. The smallest absolute Gasteiger partial charge is 0.411 e. The van der Waals surface area contributed by atoms with Crippen LogP contribution in [0.15, 0.2) is 91.0 Å². The van der Waals surface area contributed by atoms with Crippen molar-refractivity contribution in [1.82, 2.24) is 10.2 Å². The topological polar surface area (TPSA) is 73.8 Å². The second-order valence-corrected chi connectivity index (χ2v) is 11.3. The van der Waals surface area contributed by atoms with Crippen LogP contribution in [0, 0.1) is 5.82 Å². The van der Waals surface area contributed by atoms with E-state index in [9.17, 15) is 14.3 Å². The number of piperidine rings is 1. The molecule has 1 amide bonds. The van der Waals surface area contributed by atoms with Gasteiger partial charge in [-0.1, -0.05) is 84.4 Å². The highest BCUT2D eigenvalue weighted by Gasteiger charge is 2.22. The second-order valence-electron chi connectivity index (χ2n) is 10.9. The van der Waals surface area contributed by atoms with Gasteiger partial charge in [0.1, 0.15) is 17.7 Å². The molecule has 224 valence electrons. The van der Waals surface area contributed by atoms with Crippen molar-refractivity contribution in [2.24, 2.45) is 0 Å². The van der Waals surface area contributed by atoms with Crippen LogP contribution in [0.3, 0.4) is 0 Å². The first-order chi connectivity index (χ1) is 20.9. The molecule has 6 nitrogen and oxygen atoms in total. The van der Waals surface area contributed by atoms with E-state index in [4.69, 9.17) is 16.3 Å². The largest absolute Gasteiger partial charge is 0.508 e. The van der Waals surface area contributed by atoms with Crippen molar-refractivity contribution in [3.05, 3.63) is 119 Å². The number of ether oxygens (including phenoxy) is 1. The molecular weight excluding hydrogens is 565 g/mol. The average molecular weight is 602 g/mol. The van der Waals surface area contributed by atoms with Crippen molar-refractivity contribution in [3.63, 3.8) is 0 Å². The number of amides is 1. The minimum Gasteiger partial charge on any atom is -0.508 e. The molecule has 1 aliphatic rings. The van der Waals surface area contributed by atoms with Gasteiger partial charge in [-0.3, -0.25) is 5.32 Å². The van der Waals surface area contributed by atoms with Crippen LogP contribution in [0.4, 0.5) is 14.9 Å². The van der Waals surface area contributed by atoms with E-state index in [-0.39, 0.29) is 16.9 Å². The second kappa shape index (κ2) is 15.0. The number of nitrogens with one attached hydrogen (secondary N) is 2. The molecule has 0 radical (unpaired) electrons. The summed E-state index contributed by atoms with van der Waals surface area (Å²) >= 11 is 5.69. The Labute approximate surface area is 257 Å². The monoisotopic (exact) mass is 601 g/mol. The number of carbonyl (C=O) groups excluding carboxylic acids is 1. The van der Waals surface area contributed by atoms with Crippen molar-refractivity contribution in [3.8, 4) is 16.9 Å². The molecule has 1 fully saturated rings. The Morgan fingerprint density at radius 3 is 2.35 bits per heavy atom. The summed E-state index contributed by atoms with van der Waals surface area (Å²) in [6.45, 7) is 3.83. The Bertz CT molecular complexity index is 1490. The molecule has 1 heterocycles. The number of likely N-dealkylation sites (tertiary alicyclic amines) is 1. The first kappa shape index (κ1) is 30.5. The quantitative estimate of drug-likeness (QED) is 0.156. The Hall–Kier alpha value is -3.91. The van der Waals surface area contributed by atoms with E-state index in [2.05, 4.69) is 39.8 Å². The number of phenols is 1. The molecule has 0 unspecified atom stereocenters. The lowest BCUT2D eigenvalue weighted by molar-refractivity contribution is 0.0593. The lowest BCUT2D eigenvalue weighted by Crippen LogP contribution is -2.39. The number of aromatic hydroxyl groups is 1. The molecule has 8 heteroatoms. The number of carbonyl (C=O) groups is 1. The van der Waals surface area contributed by atoms with Crippen LogP contribution in [-0.2, 0) is 24.1 Å². The normalized spacial score (nSPS) is 14.0. The number of halogens is 2. The zero-order valence-corrected chi connectivity index (χ0v) is 24.8. The van der Waals surface area contributed by atoms with Crippen molar-refractivity contribution in [2.75, 3.05) is 31.5 Å². The van der Waals surface area contributed by atoms with Gasteiger partial charge in [-0.05, 0) is 61.1 Å². The van der Waals surface area contributed by atoms with Gasteiger partial charge in [-0.15, -0.1) is 0 Å². The molecule has 0 bridgehead atoms. The van der Waals surface area contributed by atoms with Crippen LogP contribution in [0.5, 0.6) is 5.75 Å². The van der Waals surface area contributed by atoms with Crippen LogP contribution in [0.2, 0.25) is 5.02 Å². The maximum absolute atomic E-state index is 13.6. The fourth-order valence-corrected chi connectivity index (χ4v) is 5.50. The maximum Gasteiger partial charge on any atom is 0.411 e. The third-order valence-electron chi connectivity index (χ3n) is 7.82. The predicted octanol–water partition coefficient (Wildman–Crippen LogP) is 7.44. The number of hydrogen-bond donors (Lipinski definition) is 3. The molecule has 0 spiro atoms. The fraction of sp³-hybridized carbons (Fsp3) is 0.286. The van der Waals surface area contributed by atoms with E-state index in [1.54, 1.807) is 0 Å². The summed E-state index contributed by atoms with van der Waals surface area (Å²) in [5.41, 5.74) is 5.74. The number of benzene rings is 4. The first-order valence-corrected chi connectivity index (χ1v) is 15.1. The van der Waals surface area contributed by atoms with E-state index < -0.39 is 11.9 Å². The highest BCUT2D eigenvalue weighted by molar-refractivity contribution is 6.30. The molecule has 3 N–H and O–H groups in total. The number of rotatable bonds is 11. The molecule has 4 aromatic rings. The van der Waals surface area contributed by atoms with E-state index >= 15 is 0 Å². The summed E-state index contributed by atoms with van der Waals surface area (Å²) < 4.78 is 19.4. The van der Waals surface area contributed by atoms with Gasteiger partial charge in [-0.2, -0.15) is 0 Å². The highest BCUT2D eigenvalue weighted by Crippen LogP contribution is 2.28. The molecule has 0 saturated carbocycles. The third kappa shape index (κ3) is 8.80.